The number of ether oxygens (including phenoxy) is 1. The third-order valence-electron chi connectivity index (χ3n) is 5.11. The first-order chi connectivity index (χ1) is 9.92. The van der Waals surface area contributed by atoms with Gasteiger partial charge in [0.05, 0.1) is 6.61 Å². The zero-order chi connectivity index (χ0) is 15.5. The molecule has 3 unspecified atom stereocenters. The molecule has 0 aromatic carbocycles. The summed E-state index contributed by atoms with van der Waals surface area (Å²) < 4.78 is 5.75. The lowest BCUT2D eigenvalue weighted by atomic mass is 9.86. The number of likely N-dealkylation sites (N-methyl/N-ethyl adjacent to an activating group) is 1. The second-order valence-electron chi connectivity index (χ2n) is 8.03. The quantitative estimate of drug-likeness (QED) is 0.771. The molecule has 0 radical (unpaired) electrons. The summed E-state index contributed by atoms with van der Waals surface area (Å²) in [7, 11) is 4.42. The highest BCUT2D eigenvalue weighted by Gasteiger charge is 2.40. The molecule has 4 heteroatoms. The predicted octanol–water partition coefficient (Wildman–Crippen LogP) is 1.52. The molecule has 3 atom stereocenters. The second kappa shape index (κ2) is 7.40. The Bertz CT molecular complexity index is 313. The van der Waals surface area contributed by atoms with Crippen molar-refractivity contribution in [2.24, 2.45) is 17.3 Å². The van der Waals surface area contributed by atoms with Crippen LogP contribution < -0.4 is 5.32 Å². The Labute approximate surface area is 131 Å². The lowest BCUT2D eigenvalue weighted by Crippen LogP contribution is -2.45. The van der Waals surface area contributed by atoms with Crippen LogP contribution in [0.25, 0.3) is 0 Å². The van der Waals surface area contributed by atoms with Gasteiger partial charge in [0.1, 0.15) is 0 Å². The van der Waals surface area contributed by atoms with Crippen molar-refractivity contribution in [3.05, 3.63) is 0 Å². The summed E-state index contributed by atoms with van der Waals surface area (Å²) in [5, 5.41) is 3.67. The number of likely N-dealkylation sites (tertiary alicyclic amines) is 1. The highest BCUT2D eigenvalue weighted by atomic mass is 16.5. The topological polar surface area (TPSA) is 27.7 Å². The van der Waals surface area contributed by atoms with Crippen molar-refractivity contribution in [1.29, 1.82) is 0 Å². The lowest BCUT2D eigenvalue weighted by molar-refractivity contribution is 0.114. The van der Waals surface area contributed by atoms with Crippen LogP contribution in [-0.2, 0) is 4.74 Å². The standard InChI is InChI=1S/C17H35N3O/c1-14(2)8-18-11-17(6-7-21-13-17)12-20-9-15(3)16(10-20)19(4)5/h14-16,18H,6-13H2,1-5H3. The van der Waals surface area contributed by atoms with Crippen LogP contribution >= 0.6 is 0 Å². The third kappa shape index (κ3) is 4.65. The molecule has 2 aliphatic heterocycles. The summed E-state index contributed by atoms with van der Waals surface area (Å²) in [5.41, 5.74) is 0.329. The minimum atomic E-state index is 0.329. The molecule has 0 aromatic heterocycles. The van der Waals surface area contributed by atoms with E-state index in [4.69, 9.17) is 4.74 Å². The van der Waals surface area contributed by atoms with Crippen molar-refractivity contribution in [3.63, 3.8) is 0 Å². The Hall–Kier alpha value is -0.160. The van der Waals surface area contributed by atoms with Gasteiger partial charge in [-0.15, -0.1) is 0 Å². The maximum absolute atomic E-state index is 5.75. The van der Waals surface area contributed by atoms with Gasteiger partial charge >= 0.3 is 0 Å². The molecule has 0 amide bonds. The highest BCUT2D eigenvalue weighted by Crippen LogP contribution is 2.32. The van der Waals surface area contributed by atoms with Crippen LogP contribution in [0.5, 0.6) is 0 Å². The number of nitrogens with one attached hydrogen (secondary N) is 1. The monoisotopic (exact) mass is 297 g/mol. The molecular weight excluding hydrogens is 262 g/mol. The van der Waals surface area contributed by atoms with E-state index in [0.29, 0.717) is 17.4 Å². The molecule has 2 fully saturated rings. The van der Waals surface area contributed by atoms with E-state index in [1.807, 2.05) is 0 Å². The molecule has 2 saturated heterocycles. The average molecular weight is 297 g/mol. The highest BCUT2D eigenvalue weighted by molar-refractivity contribution is 4.94. The maximum atomic E-state index is 5.75. The third-order valence-corrected chi connectivity index (χ3v) is 5.11. The molecule has 0 aliphatic carbocycles. The van der Waals surface area contributed by atoms with Gasteiger partial charge in [-0.05, 0) is 38.9 Å². The minimum Gasteiger partial charge on any atom is -0.381 e. The van der Waals surface area contributed by atoms with Crippen LogP contribution in [0, 0.1) is 17.3 Å². The van der Waals surface area contributed by atoms with Gasteiger partial charge in [0.25, 0.3) is 0 Å². The van der Waals surface area contributed by atoms with E-state index in [0.717, 1.165) is 32.2 Å². The molecule has 2 heterocycles. The van der Waals surface area contributed by atoms with Crippen molar-refractivity contribution in [3.8, 4) is 0 Å². The van der Waals surface area contributed by atoms with Crippen molar-refractivity contribution in [2.45, 2.75) is 33.2 Å². The van der Waals surface area contributed by atoms with Gasteiger partial charge in [-0.1, -0.05) is 20.8 Å². The molecule has 0 spiro atoms. The molecule has 0 aromatic rings. The normalized spacial score (nSPS) is 34.4. The first kappa shape index (κ1) is 17.2. The van der Waals surface area contributed by atoms with Crippen LogP contribution in [0.15, 0.2) is 0 Å². The van der Waals surface area contributed by atoms with E-state index in [1.54, 1.807) is 0 Å². The fourth-order valence-electron chi connectivity index (χ4n) is 3.92. The number of nitrogens with zero attached hydrogens (tertiary/aromatic N) is 2. The number of rotatable bonds is 7. The van der Waals surface area contributed by atoms with Crippen molar-refractivity contribution in [2.75, 3.05) is 60.0 Å². The molecule has 124 valence electrons. The fourth-order valence-corrected chi connectivity index (χ4v) is 3.92. The molecule has 2 aliphatic rings. The van der Waals surface area contributed by atoms with Crippen LogP contribution in [-0.4, -0.2) is 75.9 Å². The summed E-state index contributed by atoms with van der Waals surface area (Å²) in [4.78, 5) is 5.06. The average Bonchev–Trinajstić information content (AvgIpc) is 2.97. The molecule has 0 saturated carbocycles. The predicted molar refractivity (Wildman–Crippen MR) is 88.7 cm³/mol. The van der Waals surface area contributed by atoms with Crippen molar-refractivity contribution >= 4 is 0 Å². The first-order valence-electron chi connectivity index (χ1n) is 8.59. The summed E-state index contributed by atoms with van der Waals surface area (Å²) in [6, 6.07) is 0.702. The Morgan fingerprint density at radius 2 is 2.10 bits per heavy atom. The molecule has 2 rings (SSSR count). The van der Waals surface area contributed by atoms with Gasteiger partial charge in [0.2, 0.25) is 0 Å². The lowest BCUT2D eigenvalue weighted by Gasteiger charge is -2.33. The van der Waals surface area contributed by atoms with E-state index in [9.17, 15) is 0 Å². The fraction of sp³-hybridized carbons (Fsp3) is 1.00. The number of hydrogen-bond donors (Lipinski definition) is 1. The van der Waals surface area contributed by atoms with Gasteiger partial charge in [0.15, 0.2) is 0 Å². The Balaban J connectivity index is 1.88. The molecule has 1 N–H and O–H groups in total. The van der Waals surface area contributed by atoms with Gasteiger partial charge in [-0.2, -0.15) is 0 Å². The Kier molecular flexibility index (Phi) is 6.06. The summed E-state index contributed by atoms with van der Waals surface area (Å²) in [6.45, 7) is 14.6. The van der Waals surface area contributed by atoms with Crippen LogP contribution in [0.1, 0.15) is 27.2 Å². The van der Waals surface area contributed by atoms with Crippen molar-refractivity contribution in [1.82, 2.24) is 15.1 Å². The zero-order valence-electron chi connectivity index (χ0n) is 14.7. The van der Waals surface area contributed by atoms with Gasteiger partial charge < -0.3 is 19.9 Å². The summed E-state index contributed by atoms with van der Waals surface area (Å²) in [6.07, 6.45) is 1.20. The zero-order valence-corrected chi connectivity index (χ0v) is 14.7. The molecule has 21 heavy (non-hydrogen) atoms. The van der Waals surface area contributed by atoms with Crippen molar-refractivity contribution < 1.29 is 4.74 Å². The Morgan fingerprint density at radius 3 is 2.62 bits per heavy atom. The molecule has 0 bridgehead atoms. The Morgan fingerprint density at radius 1 is 1.33 bits per heavy atom. The largest absolute Gasteiger partial charge is 0.381 e. The molecular formula is C17H35N3O. The number of hydrogen-bond acceptors (Lipinski definition) is 4. The maximum Gasteiger partial charge on any atom is 0.0547 e. The van der Waals surface area contributed by atoms with Crippen LogP contribution in [0.4, 0.5) is 0 Å². The van der Waals surface area contributed by atoms with Crippen LogP contribution in [0.3, 0.4) is 0 Å². The van der Waals surface area contributed by atoms with E-state index in [-0.39, 0.29) is 0 Å². The van der Waals surface area contributed by atoms with Crippen LogP contribution in [0.2, 0.25) is 0 Å². The van der Waals surface area contributed by atoms with Gasteiger partial charge in [-0.3, -0.25) is 0 Å². The van der Waals surface area contributed by atoms with Gasteiger partial charge in [0, 0.05) is 44.2 Å². The summed E-state index contributed by atoms with van der Waals surface area (Å²) in [5.74, 6) is 1.48. The van der Waals surface area contributed by atoms with E-state index in [1.165, 1.54) is 26.1 Å². The summed E-state index contributed by atoms with van der Waals surface area (Å²) >= 11 is 0. The van der Waals surface area contributed by atoms with E-state index >= 15 is 0 Å². The minimum absolute atomic E-state index is 0.329. The first-order valence-corrected chi connectivity index (χ1v) is 8.59. The van der Waals surface area contributed by atoms with E-state index < -0.39 is 0 Å². The van der Waals surface area contributed by atoms with Gasteiger partial charge in [-0.25, -0.2) is 0 Å². The van der Waals surface area contributed by atoms with E-state index in [2.05, 4.69) is 50.0 Å². The smallest absolute Gasteiger partial charge is 0.0547 e. The SMILES string of the molecule is CC(C)CNCC1(CN2CC(C)C(N(C)C)C2)CCOC1. The second-order valence-corrected chi connectivity index (χ2v) is 8.03. The molecule has 4 nitrogen and oxygen atoms in total.